The molecule has 0 aromatic heterocycles. The summed E-state index contributed by atoms with van der Waals surface area (Å²) >= 11 is 6.15. The largest absolute Gasteiger partial charge is 0.325 e. The van der Waals surface area contributed by atoms with Gasteiger partial charge in [0.2, 0.25) is 15.9 Å². The van der Waals surface area contributed by atoms with Crippen LogP contribution < -0.4 is 5.32 Å². The maximum atomic E-state index is 12.5. The number of amides is 1. The number of carbonyl (C=O) groups is 1. The molecule has 6 nitrogen and oxygen atoms in total. The van der Waals surface area contributed by atoms with Crippen molar-refractivity contribution in [3.05, 3.63) is 59.1 Å². The lowest BCUT2D eigenvalue weighted by atomic mass is 10.2. The first-order valence-corrected chi connectivity index (χ1v) is 11.0. The van der Waals surface area contributed by atoms with Crippen LogP contribution in [-0.2, 0) is 21.4 Å². The average Bonchev–Trinajstić information content (AvgIpc) is 3.19. The molecule has 0 atom stereocenters. The summed E-state index contributed by atoms with van der Waals surface area (Å²) in [7, 11) is -1.60. The molecule has 3 rings (SSSR count). The molecular weight excluding hydrogens is 398 g/mol. The van der Waals surface area contributed by atoms with Crippen molar-refractivity contribution in [2.45, 2.75) is 24.3 Å². The van der Waals surface area contributed by atoms with Crippen molar-refractivity contribution < 1.29 is 13.2 Å². The summed E-state index contributed by atoms with van der Waals surface area (Å²) in [6, 6.07) is 13.8. The van der Waals surface area contributed by atoms with Crippen LogP contribution in [0.4, 0.5) is 5.69 Å². The number of likely N-dealkylation sites (N-methyl/N-ethyl adjacent to an activating group) is 1. The van der Waals surface area contributed by atoms with Gasteiger partial charge in [0.25, 0.3) is 0 Å². The number of sulfonamides is 1. The number of benzene rings is 2. The Balaban J connectivity index is 1.56. The highest BCUT2D eigenvalue weighted by Gasteiger charge is 2.26. The summed E-state index contributed by atoms with van der Waals surface area (Å²) in [4.78, 5) is 14.4. The van der Waals surface area contributed by atoms with Crippen LogP contribution in [0.2, 0.25) is 5.02 Å². The fraction of sp³-hybridized carbons (Fsp3) is 0.350. The molecule has 1 aliphatic heterocycles. The van der Waals surface area contributed by atoms with E-state index in [0.29, 0.717) is 30.3 Å². The van der Waals surface area contributed by atoms with Crippen molar-refractivity contribution in [2.24, 2.45) is 0 Å². The second-order valence-corrected chi connectivity index (χ2v) is 9.29. The van der Waals surface area contributed by atoms with E-state index >= 15 is 0 Å². The number of hydrogen-bond acceptors (Lipinski definition) is 4. The van der Waals surface area contributed by atoms with Gasteiger partial charge in [-0.2, -0.15) is 4.31 Å². The molecule has 0 spiro atoms. The van der Waals surface area contributed by atoms with Crippen LogP contribution in [0.1, 0.15) is 18.4 Å². The molecule has 1 heterocycles. The monoisotopic (exact) mass is 421 g/mol. The van der Waals surface area contributed by atoms with Gasteiger partial charge in [-0.15, -0.1) is 0 Å². The molecule has 0 unspecified atom stereocenters. The molecule has 2 aromatic rings. The van der Waals surface area contributed by atoms with E-state index in [1.807, 2.05) is 36.2 Å². The normalized spacial score (nSPS) is 15.1. The third-order valence-electron chi connectivity index (χ3n) is 4.65. The molecule has 1 amide bonds. The Morgan fingerprint density at radius 3 is 2.39 bits per heavy atom. The van der Waals surface area contributed by atoms with Gasteiger partial charge < -0.3 is 5.32 Å². The van der Waals surface area contributed by atoms with E-state index in [0.717, 1.165) is 18.4 Å². The summed E-state index contributed by atoms with van der Waals surface area (Å²) in [5.41, 5.74) is 1.52. The van der Waals surface area contributed by atoms with Crippen molar-refractivity contribution in [2.75, 3.05) is 32.0 Å². The summed E-state index contributed by atoms with van der Waals surface area (Å²) in [6.07, 6.45) is 1.80. The van der Waals surface area contributed by atoms with Crippen molar-refractivity contribution in [3.8, 4) is 0 Å². The van der Waals surface area contributed by atoms with Crippen molar-refractivity contribution in [1.82, 2.24) is 9.21 Å². The molecule has 0 aliphatic carbocycles. The van der Waals surface area contributed by atoms with Crippen LogP contribution in [0.25, 0.3) is 0 Å². The number of hydrogen-bond donors (Lipinski definition) is 1. The molecule has 150 valence electrons. The SMILES string of the molecule is CN(CC(=O)Nc1ccc(S(=O)(=O)N2CCCC2)cc1)Cc1ccccc1Cl. The fourth-order valence-corrected chi connectivity index (χ4v) is 4.92. The van der Waals surface area contributed by atoms with Gasteiger partial charge in [-0.25, -0.2) is 8.42 Å². The van der Waals surface area contributed by atoms with Crippen molar-refractivity contribution in [1.29, 1.82) is 0 Å². The minimum Gasteiger partial charge on any atom is -0.325 e. The van der Waals surface area contributed by atoms with Gasteiger partial charge in [-0.3, -0.25) is 9.69 Å². The Kier molecular flexibility index (Phi) is 6.72. The van der Waals surface area contributed by atoms with Crippen molar-refractivity contribution in [3.63, 3.8) is 0 Å². The van der Waals surface area contributed by atoms with Gasteiger partial charge in [-0.05, 0) is 55.8 Å². The zero-order chi connectivity index (χ0) is 20.1. The smallest absolute Gasteiger partial charge is 0.243 e. The first kappa shape index (κ1) is 20.8. The summed E-state index contributed by atoms with van der Waals surface area (Å²) < 4.78 is 26.6. The quantitative estimate of drug-likeness (QED) is 0.745. The van der Waals surface area contributed by atoms with E-state index in [9.17, 15) is 13.2 Å². The lowest BCUT2D eigenvalue weighted by molar-refractivity contribution is -0.117. The van der Waals surface area contributed by atoms with Crippen LogP contribution in [-0.4, -0.2) is 50.2 Å². The molecule has 28 heavy (non-hydrogen) atoms. The molecule has 1 N–H and O–H groups in total. The molecule has 1 saturated heterocycles. The van der Waals surface area contributed by atoms with E-state index in [1.54, 1.807) is 12.1 Å². The van der Waals surface area contributed by atoms with E-state index in [-0.39, 0.29) is 17.3 Å². The maximum Gasteiger partial charge on any atom is 0.243 e. The standard InChI is InChI=1S/C20H24ClN3O3S/c1-23(14-16-6-2-3-7-19(16)21)15-20(25)22-17-8-10-18(11-9-17)28(26,27)24-12-4-5-13-24/h2-3,6-11H,4-5,12-15H2,1H3,(H,22,25). The molecule has 1 aliphatic rings. The highest BCUT2D eigenvalue weighted by atomic mass is 35.5. The predicted molar refractivity (Wildman–Crippen MR) is 111 cm³/mol. The second kappa shape index (κ2) is 9.05. The van der Waals surface area contributed by atoms with Gasteiger partial charge >= 0.3 is 0 Å². The van der Waals surface area contributed by atoms with Gasteiger partial charge in [0, 0.05) is 30.3 Å². The molecule has 1 fully saturated rings. The number of rotatable bonds is 7. The zero-order valence-corrected chi connectivity index (χ0v) is 17.3. The summed E-state index contributed by atoms with van der Waals surface area (Å²) in [5.74, 6) is -0.176. The van der Waals surface area contributed by atoms with E-state index < -0.39 is 10.0 Å². The maximum absolute atomic E-state index is 12.5. The number of nitrogens with zero attached hydrogens (tertiary/aromatic N) is 2. The Morgan fingerprint density at radius 2 is 1.75 bits per heavy atom. The number of carbonyl (C=O) groups excluding carboxylic acids is 1. The van der Waals surface area contributed by atoms with Gasteiger partial charge in [0.1, 0.15) is 0 Å². The Morgan fingerprint density at radius 1 is 1.11 bits per heavy atom. The first-order valence-electron chi connectivity index (χ1n) is 9.18. The van der Waals surface area contributed by atoms with Crippen LogP contribution >= 0.6 is 11.6 Å². The minimum atomic E-state index is -3.44. The second-order valence-electron chi connectivity index (χ2n) is 6.95. The summed E-state index contributed by atoms with van der Waals surface area (Å²) in [5, 5.41) is 3.47. The molecule has 0 radical (unpaired) electrons. The highest BCUT2D eigenvalue weighted by molar-refractivity contribution is 7.89. The minimum absolute atomic E-state index is 0.176. The molecular formula is C20H24ClN3O3S. The molecule has 8 heteroatoms. The Labute approximate surface area is 171 Å². The molecule has 2 aromatic carbocycles. The van der Waals surface area contributed by atoms with Crippen LogP contribution in [0.5, 0.6) is 0 Å². The first-order chi connectivity index (χ1) is 13.4. The highest BCUT2D eigenvalue weighted by Crippen LogP contribution is 2.22. The fourth-order valence-electron chi connectivity index (χ4n) is 3.21. The van der Waals surface area contributed by atoms with E-state index in [4.69, 9.17) is 11.6 Å². The van der Waals surface area contributed by atoms with Crippen LogP contribution in [0, 0.1) is 0 Å². The lowest BCUT2D eigenvalue weighted by Crippen LogP contribution is -2.30. The van der Waals surface area contributed by atoms with E-state index in [1.165, 1.54) is 16.4 Å². The van der Waals surface area contributed by atoms with Crippen LogP contribution in [0.3, 0.4) is 0 Å². The third-order valence-corrected chi connectivity index (χ3v) is 6.93. The van der Waals surface area contributed by atoms with Gasteiger partial charge in [0.15, 0.2) is 0 Å². The van der Waals surface area contributed by atoms with Crippen LogP contribution in [0.15, 0.2) is 53.4 Å². The van der Waals surface area contributed by atoms with Crippen molar-refractivity contribution >= 4 is 33.2 Å². The Hall–Kier alpha value is -1.93. The third kappa shape index (κ3) is 5.11. The summed E-state index contributed by atoms with van der Waals surface area (Å²) in [6.45, 7) is 1.89. The van der Waals surface area contributed by atoms with Gasteiger partial charge in [0.05, 0.1) is 11.4 Å². The van der Waals surface area contributed by atoms with Gasteiger partial charge in [-0.1, -0.05) is 29.8 Å². The zero-order valence-electron chi connectivity index (χ0n) is 15.8. The number of nitrogens with one attached hydrogen (secondary N) is 1. The Bertz CT molecular complexity index is 926. The van der Waals surface area contributed by atoms with E-state index in [2.05, 4.69) is 5.32 Å². The number of halogens is 1. The molecule has 0 saturated carbocycles. The predicted octanol–water partition coefficient (Wildman–Crippen LogP) is 3.20. The average molecular weight is 422 g/mol. The molecule has 0 bridgehead atoms. The lowest BCUT2D eigenvalue weighted by Gasteiger charge is -2.18. The number of anilines is 1. The topological polar surface area (TPSA) is 69.7 Å².